The number of rotatable bonds is 8. The third-order valence-corrected chi connectivity index (χ3v) is 7.36. The SMILES string of the molecule is CN[C@@H](C)C(=O)Nc1ncc(-c2cccc(-c3cn[nH]n3)c2)n(Cc2cncc(-n3cc(C)c4cc(F)ccc43)c2)c1=O. The summed E-state index contributed by atoms with van der Waals surface area (Å²) in [4.78, 5) is 35.3. The van der Waals surface area contributed by atoms with Gasteiger partial charge in [0.2, 0.25) is 5.91 Å². The van der Waals surface area contributed by atoms with Gasteiger partial charge in [-0.05, 0) is 62.4 Å². The van der Waals surface area contributed by atoms with Gasteiger partial charge in [0.05, 0.1) is 48.1 Å². The predicted octanol–water partition coefficient (Wildman–Crippen LogP) is 4.08. The topological polar surface area (TPSA) is 135 Å². The molecule has 6 aromatic rings. The number of anilines is 1. The number of nitrogens with zero attached hydrogens (tertiary/aromatic N) is 6. The van der Waals surface area contributed by atoms with E-state index in [-0.39, 0.29) is 24.1 Å². The van der Waals surface area contributed by atoms with Gasteiger partial charge in [0.1, 0.15) is 11.5 Å². The molecule has 1 amide bonds. The summed E-state index contributed by atoms with van der Waals surface area (Å²) < 4.78 is 17.4. The van der Waals surface area contributed by atoms with Crippen LogP contribution in [0.1, 0.15) is 18.1 Å². The average molecular weight is 578 g/mol. The number of benzene rings is 2. The number of aromatic nitrogens is 7. The van der Waals surface area contributed by atoms with Gasteiger partial charge in [-0.15, -0.1) is 0 Å². The molecule has 3 N–H and O–H groups in total. The molecule has 12 heteroatoms. The minimum absolute atomic E-state index is 0.0818. The summed E-state index contributed by atoms with van der Waals surface area (Å²) in [6.45, 7) is 3.76. The molecule has 0 saturated carbocycles. The Morgan fingerprint density at radius 1 is 1.07 bits per heavy atom. The van der Waals surface area contributed by atoms with E-state index in [9.17, 15) is 14.0 Å². The molecule has 4 aromatic heterocycles. The number of aryl methyl sites for hydroxylation is 1. The number of hydrogen-bond acceptors (Lipinski definition) is 7. The normalized spacial score (nSPS) is 12.0. The molecular formula is C31H28FN9O2. The van der Waals surface area contributed by atoms with E-state index in [4.69, 9.17) is 0 Å². The second-order valence-electron chi connectivity index (χ2n) is 10.2. The second-order valence-corrected chi connectivity index (χ2v) is 10.2. The van der Waals surface area contributed by atoms with Crippen molar-refractivity contribution in [3.63, 3.8) is 0 Å². The zero-order valence-electron chi connectivity index (χ0n) is 23.7. The Morgan fingerprint density at radius 2 is 1.91 bits per heavy atom. The van der Waals surface area contributed by atoms with Crippen molar-refractivity contribution < 1.29 is 9.18 Å². The van der Waals surface area contributed by atoms with Crippen molar-refractivity contribution in [2.75, 3.05) is 12.4 Å². The highest BCUT2D eigenvalue weighted by molar-refractivity contribution is 5.93. The van der Waals surface area contributed by atoms with E-state index in [1.807, 2.05) is 48.0 Å². The lowest BCUT2D eigenvalue weighted by Crippen LogP contribution is -2.38. The highest BCUT2D eigenvalue weighted by Gasteiger charge is 2.18. The van der Waals surface area contributed by atoms with Crippen LogP contribution in [0.25, 0.3) is 39.1 Å². The fraction of sp³-hybridized carbons (Fsp3) is 0.161. The molecule has 0 saturated heterocycles. The van der Waals surface area contributed by atoms with Gasteiger partial charge >= 0.3 is 0 Å². The number of amides is 1. The largest absolute Gasteiger partial charge is 0.315 e. The van der Waals surface area contributed by atoms with E-state index in [1.54, 1.807) is 49.4 Å². The quantitative estimate of drug-likeness (QED) is 0.248. The minimum atomic E-state index is -0.525. The molecule has 216 valence electrons. The number of carbonyl (C=O) groups excluding carboxylic acids is 1. The molecule has 0 spiro atoms. The molecule has 4 heterocycles. The van der Waals surface area contributed by atoms with Gasteiger partial charge in [0.25, 0.3) is 5.56 Å². The molecule has 0 aliphatic carbocycles. The first-order chi connectivity index (χ1) is 20.8. The van der Waals surface area contributed by atoms with E-state index >= 15 is 0 Å². The minimum Gasteiger partial charge on any atom is -0.315 e. The molecular weight excluding hydrogens is 549 g/mol. The summed E-state index contributed by atoms with van der Waals surface area (Å²) in [7, 11) is 1.66. The predicted molar refractivity (Wildman–Crippen MR) is 161 cm³/mol. The number of hydrogen-bond donors (Lipinski definition) is 3. The Bertz CT molecular complexity index is 2010. The number of aromatic amines is 1. The Labute approximate surface area is 245 Å². The van der Waals surface area contributed by atoms with Gasteiger partial charge in [-0.25, -0.2) is 9.37 Å². The van der Waals surface area contributed by atoms with Crippen LogP contribution in [0.5, 0.6) is 0 Å². The standard InChI is InChI=1S/C31H28FN9O2/c1-18-16-40(27-8-7-23(32)11-25(18)27)24-9-20(12-34-13-24)17-41-28(15-35-29(31(41)43)37-30(42)19(2)33-3)22-6-4-5-21(10-22)26-14-36-39-38-26/h4-16,19,33H,17H2,1-3H3,(H,35,37,42)(H,36,38,39)/t19-/m0/s1. The molecule has 2 aromatic carbocycles. The summed E-state index contributed by atoms with van der Waals surface area (Å²) in [5.74, 6) is -0.763. The number of likely N-dealkylation sites (N-methyl/N-ethyl adjacent to an activating group) is 1. The van der Waals surface area contributed by atoms with Gasteiger partial charge in [0.15, 0.2) is 5.82 Å². The summed E-state index contributed by atoms with van der Waals surface area (Å²) in [5, 5.41) is 17.0. The molecule has 0 fully saturated rings. The van der Waals surface area contributed by atoms with Crippen LogP contribution in [0.3, 0.4) is 0 Å². The molecule has 0 aliphatic rings. The highest BCUT2D eigenvalue weighted by atomic mass is 19.1. The van der Waals surface area contributed by atoms with Crippen LogP contribution in [0.2, 0.25) is 0 Å². The zero-order valence-corrected chi connectivity index (χ0v) is 23.7. The van der Waals surface area contributed by atoms with E-state index in [1.165, 1.54) is 12.1 Å². The molecule has 0 radical (unpaired) electrons. The lowest BCUT2D eigenvalue weighted by atomic mass is 10.1. The zero-order chi connectivity index (χ0) is 30.1. The first-order valence-electron chi connectivity index (χ1n) is 13.6. The first kappa shape index (κ1) is 27.7. The average Bonchev–Trinajstić information content (AvgIpc) is 3.67. The first-order valence-corrected chi connectivity index (χ1v) is 13.6. The maximum absolute atomic E-state index is 13.9. The van der Waals surface area contributed by atoms with Crippen LogP contribution in [-0.4, -0.2) is 53.5 Å². The maximum atomic E-state index is 13.9. The Morgan fingerprint density at radius 3 is 2.70 bits per heavy atom. The molecule has 0 unspecified atom stereocenters. The van der Waals surface area contributed by atoms with Crippen molar-refractivity contribution in [1.29, 1.82) is 0 Å². The molecule has 43 heavy (non-hydrogen) atoms. The summed E-state index contributed by atoms with van der Waals surface area (Å²) >= 11 is 0. The van der Waals surface area contributed by atoms with Crippen molar-refractivity contribution in [2.24, 2.45) is 0 Å². The van der Waals surface area contributed by atoms with Gasteiger partial charge in [-0.2, -0.15) is 15.4 Å². The number of pyridine rings is 1. The molecule has 0 bridgehead atoms. The summed E-state index contributed by atoms with van der Waals surface area (Å²) in [6, 6.07) is 13.6. The van der Waals surface area contributed by atoms with Crippen molar-refractivity contribution in [1.82, 2.24) is 39.8 Å². The number of halogens is 1. The fourth-order valence-corrected chi connectivity index (χ4v) is 4.95. The fourth-order valence-electron chi connectivity index (χ4n) is 4.95. The van der Waals surface area contributed by atoms with E-state index < -0.39 is 11.6 Å². The lowest BCUT2D eigenvalue weighted by molar-refractivity contribution is -0.117. The Balaban J connectivity index is 1.44. The van der Waals surface area contributed by atoms with Gasteiger partial charge in [-0.1, -0.05) is 18.2 Å². The van der Waals surface area contributed by atoms with Crippen LogP contribution in [-0.2, 0) is 11.3 Å². The van der Waals surface area contributed by atoms with Crippen LogP contribution in [0, 0.1) is 12.7 Å². The molecule has 6 rings (SSSR count). The number of nitrogens with one attached hydrogen (secondary N) is 3. The molecule has 1 atom stereocenters. The van der Waals surface area contributed by atoms with Crippen LogP contribution >= 0.6 is 0 Å². The highest BCUT2D eigenvalue weighted by Crippen LogP contribution is 2.27. The van der Waals surface area contributed by atoms with Crippen LogP contribution in [0.4, 0.5) is 10.2 Å². The van der Waals surface area contributed by atoms with Crippen molar-refractivity contribution in [3.8, 4) is 28.2 Å². The lowest BCUT2D eigenvalue weighted by Gasteiger charge is -2.17. The van der Waals surface area contributed by atoms with Gasteiger partial charge in [0, 0.05) is 28.9 Å². The van der Waals surface area contributed by atoms with Crippen molar-refractivity contribution in [2.45, 2.75) is 26.4 Å². The van der Waals surface area contributed by atoms with Crippen molar-refractivity contribution in [3.05, 3.63) is 107 Å². The van der Waals surface area contributed by atoms with Crippen LogP contribution < -0.4 is 16.2 Å². The Hall–Kier alpha value is -5.49. The number of carbonyl (C=O) groups is 1. The van der Waals surface area contributed by atoms with E-state index in [0.717, 1.165) is 38.8 Å². The number of fused-ring (bicyclic) bond motifs is 1. The second kappa shape index (κ2) is 11.4. The van der Waals surface area contributed by atoms with Gasteiger partial charge < -0.3 is 15.2 Å². The third-order valence-electron chi connectivity index (χ3n) is 7.36. The summed E-state index contributed by atoms with van der Waals surface area (Å²) in [6.07, 6.45) is 8.52. The summed E-state index contributed by atoms with van der Waals surface area (Å²) in [5.41, 5.74) is 5.52. The number of H-pyrrole nitrogens is 1. The monoisotopic (exact) mass is 577 g/mol. The smallest absolute Gasteiger partial charge is 0.294 e. The van der Waals surface area contributed by atoms with Gasteiger partial charge in [-0.3, -0.25) is 19.1 Å². The van der Waals surface area contributed by atoms with Crippen LogP contribution in [0.15, 0.2) is 84.3 Å². The molecule has 0 aliphatic heterocycles. The Kier molecular flexibility index (Phi) is 7.34. The third kappa shape index (κ3) is 5.43. The van der Waals surface area contributed by atoms with E-state index in [0.29, 0.717) is 11.4 Å². The molecule has 11 nitrogen and oxygen atoms in total. The van der Waals surface area contributed by atoms with E-state index in [2.05, 4.69) is 36.0 Å². The van der Waals surface area contributed by atoms with Crippen molar-refractivity contribution >= 4 is 22.6 Å². The maximum Gasteiger partial charge on any atom is 0.294 e.